The standard InChI is InChI=1S/C14H19BrFNO/c1-2-7-17-14(13-4-3-8-18-13)10-5-6-12(16)11(15)9-10/h5-6,9,13-14,17H,2-4,7-8H2,1H3. The molecule has 18 heavy (non-hydrogen) atoms. The molecule has 0 saturated carbocycles. The van der Waals surface area contributed by atoms with Crippen LogP contribution in [0.1, 0.15) is 37.8 Å². The summed E-state index contributed by atoms with van der Waals surface area (Å²) in [5.41, 5.74) is 1.09. The zero-order valence-corrected chi connectivity index (χ0v) is 12.2. The van der Waals surface area contributed by atoms with E-state index in [0.29, 0.717) is 4.47 Å². The highest BCUT2D eigenvalue weighted by Crippen LogP contribution is 2.29. The number of halogens is 2. The summed E-state index contributed by atoms with van der Waals surface area (Å²) in [6, 6.07) is 5.36. The Labute approximate surface area is 116 Å². The van der Waals surface area contributed by atoms with E-state index in [9.17, 15) is 4.39 Å². The van der Waals surface area contributed by atoms with Crippen molar-refractivity contribution in [2.45, 2.75) is 38.3 Å². The first-order valence-electron chi connectivity index (χ1n) is 6.52. The minimum Gasteiger partial charge on any atom is -0.376 e. The summed E-state index contributed by atoms with van der Waals surface area (Å²) in [5.74, 6) is -0.222. The minimum absolute atomic E-state index is 0.157. The van der Waals surface area contributed by atoms with Gasteiger partial charge in [-0.15, -0.1) is 0 Å². The zero-order chi connectivity index (χ0) is 13.0. The average Bonchev–Trinajstić information content (AvgIpc) is 2.88. The Kier molecular flexibility index (Phi) is 5.15. The van der Waals surface area contributed by atoms with Crippen LogP contribution in [0.4, 0.5) is 4.39 Å². The molecule has 4 heteroatoms. The molecule has 2 rings (SSSR count). The fourth-order valence-corrected chi connectivity index (χ4v) is 2.73. The van der Waals surface area contributed by atoms with Crippen LogP contribution in [0.15, 0.2) is 22.7 Å². The molecule has 1 aromatic rings. The Hall–Kier alpha value is -0.450. The van der Waals surface area contributed by atoms with Crippen LogP contribution in [0.5, 0.6) is 0 Å². The van der Waals surface area contributed by atoms with E-state index in [1.807, 2.05) is 12.1 Å². The van der Waals surface area contributed by atoms with Gasteiger partial charge >= 0.3 is 0 Å². The lowest BCUT2D eigenvalue weighted by Gasteiger charge is -2.25. The topological polar surface area (TPSA) is 21.3 Å². The van der Waals surface area contributed by atoms with Crippen LogP contribution in [0.25, 0.3) is 0 Å². The van der Waals surface area contributed by atoms with Crippen molar-refractivity contribution in [3.63, 3.8) is 0 Å². The zero-order valence-electron chi connectivity index (χ0n) is 10.6. The van der Waals surface area contributed by atoms with Gasteiger partial charge in [0.25, 0.3) is 0 Å². The lowest BCUT2D eigenvalue weighted by Crippen LogP contribution is -2.32. The highest BCUT2D eigenvalue weighted by molar-refractivity contribution is 9.10. The fraction of sp³-hybridized carbons (Fsp3) is 0.571. The summed E-state index contributed by atoms with van der Waals surface area (Å²) in [5, 5.41) is 3.51. The van der Waals surface area contributed by atoms with Gasteiger partial charge in [0, 0.05) is 6.61 Å². The summed E-state index contributed by atoms with van der Waals surface area (Å²) < 4.78 is 19.6. The Morgan fingerprint density at radius 3 is 3.00 bits per heavy atom. The molecule has 0 bridgehead atoms. The van der Waals surface area contributed by atoms with Crippen molar-refractivity contribution in [2.75, 3.05) is 13.2 Å². The molecular weight excluding hydrogens is 297 g/mol. The maximum atomic E-state index is 13.3. The summed E-state index contributed by atoms with van der Waals surface area (Å²) in [6.45, 7) is 3.91. The molecule has 100 valence electrons. The van der Waals surface area contributed by atoms with Crippen LogP contribution >= 0.6 is 15.9 Å². The van der Waals surface area contributed by atoms with Gasteiger partial charge in [-0.1, -0.05) is 13.0 Å². The molecule has 0 amide bonds. The second kappa shape index (κ2) is 6.64. The van der Waals surface area contributed by atoms with Gasteiger partial charge in [-0.3, -0.25) is 0 Å². The largest absolute Gasteiger partial charge is 0.376 e. The summed E-state index contributed by atoms with van der Waals surface area (Å²) in [4.78, 5) is 0. The highest BCUT2D eigenvalue weighted by Gasteiger charge is 2.27. The van der Waals surface area contributed by atoms with Gasteiger partial charge in [0.15, 0.2) is 0 Å². The molecule has 1 N–H and O–H groups in total. The van der Waals surface area contributed by atoms with Gasteiger partial charge in [0.2, 0.25) is 0 Å². The Morgan fingerprint density at radius 1 is 1.56 bits per heavy atom. The minimum atomic E-state index is -0.222. The molecule has 1 aliphatic rings. The molecule has 1 saturated heterocycles. The molecule has 1 fully saturated rings. The van der Waals surface area contributed by atoms with E-state index in [-0.39, 0.29) is 18.0 Å². The molecular formula is C14H19BrFNO. The SMILES string of the molecule is CCCNC(c1ccc(F)c(Br)c1)C1CCCO1. The van der Waals surface area contributed by atoms with E-state index in [1.165, 1.54) is 6.07 Å². The third-order valence-electron chi connectivity index (χ3n) is 3.25. The van der Waals surface area contributed by atoms with Crippen LogP contribution in [0, 0.1) is 5.82 Å². The Balaban J connectivity index is 2.17. The number of hydrogen-bond acceptors (Lipinski definition) is 2. The molecule has 0 aromatic heterocycles. The van der Waals surface area contributed by atoms with Crippen LogP contribution in [0.2, 0.25) is 0 Å². The monoisotopic (exact) mass is 315 g/mol. The molecule has 0 radical (unpaired) electrons. The third-order valence-corrected chi connectivity index (χ3v) is 3.86. The lowest BCUT2D eigenvalue weighted by atomic mass is 9.99. The van der Waals surface area contributed by atoms with E-state index in [1.54, 1.807) is 0 Å². The van der Waals surface area contributed by atoms with Crippen molar-refractivity contribution in [1.29, 1.82) is 0 Å². The highest BCUT2D eigenvalue weighted by atomic mass is 79.9. The lowest BCUT2D eigenvalue weighted by molar-refractivity contribution is 0.0782. The maximum absolute atomic E-state index is 13.3. The Morgan fingerprint density at radius 2 is 2.39 bits per heavy atom. The average molecular weight is 316 g/mol. The number of benzene rings is 1. The van der Waals surface area contributed by atoms with Gasteiger partial charge in [0.05, 0.1) is 16.6 Å². The molecule has 0 aliphatic carbocycles. The van der Waals surface area contributed by atoms with Crippen molar-refractivity contribution >= 4 is 15.9 Å². The van der Waals surface area contributed by atoms with Crippen molar-refractivity contribution in [3.05, 3.63) is 34.1 Å². The molecule has 2 unspecified atom stereocenters. The maximum Gasteiger partial charge on any atom is 0.137 e. The quantitative estimate of drug-likeness (QED) is 0.892. The first-order valence-corrected chi connectivity index (χ1v) is 7.31. The van der Waals surface area contributed by atoms with E-state index in [0.717, 1.165) is 38.0 Å². The number of hydrogen-bond donors (Lipinski definition) is 1. The van der Waals surface area contributed by atoms with Crippen LogP contribution in [-0.4, -0.2) is 19.3 Å². The van der Waals surface area contributed by atoms with Crippen LogP contribution in [0.3, 0.4) is 0 Å². The smallest absolute Gasteiger partial charge is 0.137 e. The predicted octanol–water partition coefficient (Wildman–Crippen LogP) is 3.81. The van der Waals surface area contributed by atoms with Gasteiger partial charge in [-0.25, -0.2) is 4.39 Å². The van der Waals surface area contributed by atoms with Crippen molar-refractivity contribution in [3.8, 4) is 0 Å². The molecule has 1 heterocycles. The van der Waals surface area contributed by atoms with Crippen molar-refractivity contribution in [1.82, 2.24) is 5.32 Å². The fourth-order valence-electron chi connectivity index (χ4n) is 2.34. The Bertz CT molecular complexity index is 393. The first-order chi connectivity index (χ1) is 8.72. The normalized spacial score (nSPS) is 21.2. The van der Waals surface area contributed by atoms with Gasteiger partial charge in [0.1, 0.15) is 5.82 Å². The second-order valence-corrected chi connectivity index (χ2v) is 5.51. The van der Waals surface area contributed by atoms with Crippen LogP contribution < -0.4 is 5.32 Å². The van der Waals surface area contributed by atoms with E-state index in [2.05, 4.69) is 28.2 Å². The number of rotatable bonds is 5. The third kappa shape index (κ3) is 3.31. The van der Waals surface area contributed by atoms with Gasteiger partial charge < -0.3 is 10.1 Å². The summed E-state index contributed by atoms with van der Waals surface area (Å²) >= 11 is 3.25. The number of ether oxygens (including phenoxy) is 1. The first kappa shape index (κ1) is 14.0. The van der Waals surface area contributed by atoms with Gasteiger partial charge in [-0.05, 0) is 59.4 Å². The second-order valence-electron chi connectivity index (χ2n) is 4.66. The van der Waals surface area contributed by atoms with Crippen molar-refractivity contribution < 1.29 is 9.13 Å². The van der Waals surface area contributed by atoms with Gasteiger partial charge in [-0.2, -0.15) is 0 Å². The molecule has 2 atom stereocenters. The van der Waals surface area contributed by atoms with Crippen LogP contribution in [-0.2, 0) is 4.74 Å². The molecule has 0 spiro atoms. The van der Waals surface area contributed by atoms with E-state index in [4.69, 9.17) is 4.74 Å². The predicted molar refractivity (Wildman–Crippen MR) is 74.1 cm³/mol. The molecule has 2 nitrogen and oxygen atoms in total. The van der Waals surface area contributed by atoms with Crippen molar-refractivity contribution in [2.24, 2.45) is 0 Å². The summed E-state index contributed by atoms with van der Waals surface area (Å²) in [7, 11) is 0. The van der Waals surface area contributed by atoms with E-state index < -0.39 is 0 Å². The molecule has 1 aliphatic heterocycles. The number of nitrogens with one attached hydrogen (secondary N) is 1. The molecule has 1 aromatic carbocycles. The summed E-state index contributed by atoms with van der Waals surface area (Å²) in [6.07, 6.45) is 3.45. The van der Waals surface area contributed by atoms with E-state index >= 15 is 0 Å².